The molecule has 5 nitrogen and oxygen atoms in total. The van der Waals surface area contributed by atoms with Crippen molar-refractivity contribution in [2.24, 2.45) is 5.92 Å². The molecule has 2 rings (SSSR count). The van der Waals surface area contributed by atoms with Gasteiger partial charge in [-0.3, -0.25) is 10.1 Å². The van der Waals surface area contributed by atoms with E-state index < -0.39 is 4.92 Å². The molecule has 1 aromatic carbocycles. The van der Waals surface area contributed by atoms with Crippen LogP contribution in [0.15, 0.2) is 18.2 Å². The summed E-state index contributed by atoms with van der Waals surface area (Å²) in [5.41, 5.74) is 0.920. The topological polar surface area (TPSA) is 64.4 Å². The lowest BCUT2D eigenvalue weighted by Gasteiger charge is -2.26. The maximum Gasteiger partial charge on any atom is 0.311 e. The van der Waals surface area contributed by atoms with Gasteiger partial charge in [-0.25, -0.2) is 0 Å². The van der Waals surface area contributed by atoms with Crippen LogP contribution in [0, 0.1) is 23.0 Å². The molecule has 5 heteroatoms. The van der Waals surface area contributed by atoms with Crippen molar-refractivity contribution in [1.82, 2.24) is 5.32 Å². The minimum atomic E-state index is -0.396. The van der Waals surface area contributed by atoms with Crippen molar-refractivity contribution in [2.75, 3.05) is 19.7 Å². The number of nitro benzene ring substituents is 1. The van der Waals surface area contributed by atoms with Gasteiger partial charge < -0.3 is 10.1 Å². The minimum absolute atomic E-state index is 0.0525. The van der Waals surface area contributed by atoms with Gasteiger partial charge in [0.05, 0.1) is 11.5 Å². The van der Waals surface area contributed by atoms with E-state index in [1.165, 1.54) is 0 Å². The summed E-state index contributed by atoms with van der Waals surface area (Å²) >= 11 is 0. The van der Waals surface area contributed by atoms with E-state index in [2.05, 4.69) is 5.32 Å². The first-order chi connectivity index (χ1) is 8.16. The Kier molecular flexibility index (Phi) is 3.58. The summed E-state index contributed by atoms with van der Waals surface area (Å²) in [6.07, 6.45) is 0.942. The molecule has 0 atom stereocenters. The van der Waals surface area contributed by atoms with E-state index in [0.717, 1.165) is 25.1 Å². The average Bonchev–Trinajstić information content (AvgIpc) is 2.23. The van der Waals surface area contributed by atoms with E-state index in [4.69, 9.17) is 4.74 Å². The van der Waals surface area contributed by atoms with Crippen LogP contribution in [0.3, 0.4) is 0 Å². The molecular weight excluding hydrogens is 220 g/mol. The highest BCUT2D eigenvalue weighted by atomic mass is 16.6. The van der Waals surface area contributed by atoms with Gasteiger partial charge in [-0.1, -0.05) is 6.07 Å². The van der Waals surface area contributed by atoms with Crippen molar-refractivity contribution in [3.8, 4) is 5.75 Å². The molecule has 0 aliphatic carbocycles. The predicted octanol–water partition coefficient (Wildman–Crippen LogP) is 1.89. The van der Waals surface area contributed by atoms with Crippen LogP contribution in [0.1, 0.15) is 12.0 Å². The zero-order valence-corrected chi connectivity index (χ0v) is 9.81. The van der Waals surface area contributed by atoms with Gasteiger partial charge in [0.1, 0.15) is 0 Å². The molecule has 1 saturated heterocycles. The Hall–Kier alpha value is -1.62. The second-order valence-electron chi connectivity index (χ2n) is 4.39. The standard InChI is InChI=1S/C12H16N2O3/c1-9-2-3-12(11(6-9)14(15)16)17-5-4-10-7-13-8-10/h2-3,6,10,13H,4-5,7-8H2,1H3. The summed E-state index contributed by atoms with van der Waals surface area (Å²) in [5.74, 6) is 1.02. The first kappa shape index (κ1) is 11.9. The molecule has 0 bridgehead atoms. The average molecular weight is 236 g/mol. The van der Waals surface area contributed by atoms with Gasteiger partial charge in [-0.05, 0) is 44.0 Å². The van der Waals surface area contributed by atoms with Crippen LogP contribution >= 0.6 is 0 Å². The van der Waals surface area contributed by atoms with E-state index in [1.54, 1.807) is 12.1 Å². The third kappa shape index (κ3) is 2.94. The molecule has 17 heavy (non-hydrogen) atoms. The summed E-state index contributed by atoms with van der Waals surface area (Å²) in [6, 6.07) is 5.04. The largest absolute Gasteiger partial charge is 0.487 e. The minimum Gasteiger partial charge on any atom is -0.487 e. The SMILES string of the molecule is Cc1ccc(OCCC2CNC2)c([N+](=O)[O-])c1. The first-order valence-corrected chi connectivity index (χ1v) is 5.75. The number of nitro groups is 1. The van der Waals surface area contributed by atoms with E-state index in [-0.39, 0.29) is 5.69 Å². The lowest BCUT2D eigenvalue weighted by molar-refractivity contribution is -0.385. The smallest absolute Gasteiger partial charge is 0.311 e. The molecule has 1 aromatic rings. The number of rotatable bonds is 5. The van der Waals surface area contributed by atoms with Gasteiger partial charge in [-0.15, -0.1) is 0 Å². The van der Waals surface area contributed by atoms with Crippen LogP contribution in [0.25, 0.3) is 0 Å². The molecular formula is C12H16N2O3. The summed E-state index contributed by atoms with van der Waals surface area (Å²) in [7, 11) is 0. The number of hydrogen-bond acceptors (Lipinski definition) is 4. The van der Waals surface area contributed by atoms with Gasteiger partial charge >= 0.3 is 5.69 Å². The maximum absolute atomic E-state index is 10.9. The van der Waals surface area contributed by atoms with Crippen molar-refractivity contribution in [3.05, 3.63) is 33.9 Å². The normalized spacial score (nSPS) is 15.4. The number of aryl methyl sites for hydroxylation is 1. The Labute approximate surface area is 99.9 Å². The van der Waals surface area contributed by atoms with Gasteiger partial charge in [0.2, 0.25) is 0 Å². The molecule has 0 spiro atoms. The Morgan fingerprint density at radius 3 is 2.88 bits per heavy atom. The molecule has 0 saturated carbocycles. The molecule has 1 aliphatic rings. The predicted molar refractivity (Wildman–Crippen MR) is 64.3 cm³/mol. The summed E-state index contributed by atoms with van der Waals surface area (Å²) < 4.78 is 5.49. The molecule has 0 amide bonds. The monoisotopic (exact) mass is 236 g/mol. The van der Waals surface area contributed by atoms with Crippen molar-refractivity contribution in [1.29, 1.82) is 0 Å². The summed E-state index contributed by atoms with van der Waals surface area (Å²) in [4.78, 5) is 10.5. The summed E-state index contributed by atoms with van der Waals surface area (Å²) in [5, 5.41) is 14.0. The van der Waals surface area contributed by atoms with Crippen LogP contribution in [-0.4, -0.2) is 24.6 Å². The van der Waals surface area contributed by atoms with Crippen LogP contribution in [0.2, 0.25) is 0 Å². The lowest BCUT2D eigenvalue weighted by atomic mass is 10.0. The van der Waals surface area contributed by atoms with Crippen molar-refractivity contribution >= 4 is 5.69 Å². The molecule has 0 aromatic heterocycles. The van der Waals surface area contributed by atoms with Crippen molar-refractivity contribution < 1.29 is 9.66 Å². The van der Waals surface area contributed by atoms with Gasteiger partial charge in [0, 0.05) is 6.07 Å². The molecule has 1 fully saturated rings. The highest BCUT2D eigenvalue weighted by Crippen LogP contribution is 2.28. The van der Waals surface area contributed by atoms with Crippen LogP contribution in [-0.2, 0) is 0 Å². The van der Waals surface area contributed by atoms with E-state index in [1.807, 2.05) is 13.0 Å². The Bertz CT molecular complexity index is 416. The van der Waals surface area contributed by atoms with Crippen LogP contribution in [0.5, 0.6) is 5.75 Å². The fourth-order valence-electron chi connectivity index (χ4n) is 1.78. The molecule has 0 radical (unpaired) electrons. The van der Waals surface area contributed by atoms with Crippen LogP contribution < -0.4 is 10.1 Å². The number of benzene rings is 1. The molecule has 0 unspecified atom stereocenters. The van der Waals surface area contributed by atoms with Gasteiger partial charge in [-0.2, -0.15) is 0 Å². The second kappa shape index (κ2) is 5.14. The zero-order valence-electron chi connectivity index (χ0n) is 9.81. The molecule has 1 heterocycles. The number of hydrogen-bond donors (Lipinski definition) is 1. The highest BCUT2D eigenvalue weighted by Gasteiger charge is 2.18. The van der Waals surface area contributed by atoms with Crippen LogP contribution in [0.4, 0.5) is 5.69 Å². The quantitative estimate of drug-likeness (QED) is 0.626. The number of ether oxygens (including phenoxy) is 1. The Morgan fingerprint density at radius 2 is 2.29 bits per heavy atom. The lowest BCUT2D eigenvalue weighted by Crippen LogP contribution is -2.42. The number of nitrogens with one attached hydrogen (secondary N) is 1. The van der Waals surface area contributed by atoms with Crippen molar-refractivity contribution in [2.45, 2.75) is 13.3 Å². The van der Waals surface area contributed by atoms with Crippen molar-refractivity contribution in [3.63, 3.8) is 0 Å². The second-order valence-corrected chi connectivity index (χ2v) is 4.39. The van der Waals surface area contributed by atoms with E-state index in [9.17, 15) is 10.1 Å². The zero-order chi connectivity index (χ0) is 12.3. The molecule has 92 valence electrons. The van der Waals surface area contributed by atoms with E-state index >= 15 is 0 Å². The molecule has 1 aliphatic heterocycles. The third-order valence-electron chi connectivity index (χ3n) is 2.96. The van der Waals surface area contributed by atoms with Gasteiger partial charge in [0.25, 0.3) is 0 Å². The fraction of sp³-hybridized carbons (Fsp3) is 0.500. The highest BCUT2D eigenvalue weighted by molar-refractivity contribution is 5.48. The number of nitrogens with zero attached hydrogens (tertiary/aromatic N) is 1. The fourth-order valence-corrected chi connectivity index (χ4v) is 1.78. The van der Waals surface area contributed by atoms with Gasteiger partial charge in [0.15, 0.2) is 5.75 Å². The van der Waals surface area contributed by atoms with E-state index in [0.29, 0.717) is 18.3 Å². The first-order valence-electron chi connectivity index (χ1n) is 5.75. The Balaban J connectivity index is 1.96. The maximum atomic E-state index is 10.9. The third-order valence-corrected chi connectivity index (χ3v) is 2.96. The molecule has 1 N–H and O–H groups in total. The Morgan fingerprint density at radius 1 is 1.53 bits per heavy atom. The summed E-state index contributed by atoms with van der Waals surface area (Å²) in [6.45, 7) is 4.42.